The maximum Gasteiger partial charge on any atom is 0.433 e. The molecule has 0 saturated carbocycles. The quantitative estimate of drug-likeness (QED) is 0.520. The molecule has 1 heterocycles. The molecule has 0 saturated heterocycles. The Kier molecular flexibility index (Phi) is 4.29. The number of alkyl halides is 6. The number of para-hydroxylation sites is 2. The fourth-order valence-electron chi connectivity index (χ4n) is 2.71. The number of halogens is 6. The summed E-state index contributed by atoms with van der Waals surface area (Å²) in [5.74, 6) is 0.241. The Hall–Kier alpha value is -2.77. The van der Waals surface area contributed by atoms with Crippen molar-refractivity contribution in [1.82, 2.24) is 4.98 Å². The highest BCUT2D eigenvalue weighted by molar-refractivity contribution is 5.98. The van der Waals surface area contributed by atoms with Gasteiger partial charge in [-0.25, -0.2) is 4.98 Å². The van der Waals surface area contributed by atoms with Crippen molar-refractivity contribution in [3.8, 4) is 16.9 Å². The number of aromatic nitrogens is 1. The Labute approximate surface area is 144 Å². The van der Waals surface area contributed by atoms with Crippen molar-refractivity contribution in [3.05, 3.63) is 59.8 Å². The van der Waals surface area contributed by atoms with E-state index in [2.05, 4.69) is 4.98 Å². The van der Waals surface area contributed by atoms with Gasteiger partial charge in [0.2, 0.25) is 0 Å². The van der Waals surface area contributed by atoms with Gasteiger partial charge in [0.15, 0.2) is 0 Å². The minimum Gasteiger partial charge on any atom is -0.496 e. The number of hydrogen-bond acceptors (Lipinski definition) is 2. The summed E-state index contributed by atoms with van der Waals surface area (Å²) in [6, 6.07) is 10.1. The maximum absolute atomic E-state index is 13.3. The molecule has 3 aromatic rings. The van der Waals surface area contributed by atoms with E-state index in [4.69, 9.17) is 4.74 Å². The van der Waals surface area contributed by atoms with Crippen LogP contribution in [0.15, 0.2) is 48.5 Å². The first-order valence-corrected chi connectivity index (χ1v) is 7.34. The van der Waals surface area contributed by atoms with Crippen molar-refractivity contribution in [3.63, 3.8) is 0 Å². The maximum atomic E-state index is 13.3. The van der Waals surface area contributed by atoms with Gasteiger partial charge < -0.3 is 4.74 Å². The highest BCUT2D eigenvalue weighted by Gasteiger charge is 2.37. The lowest BCUT2D eigenvalue weighted by atomic mass is 9.97. The van der Waals surface area contributed by atoms with E-state index < -0.39 is 29.1 Å². The summed E-state index contributed by atoms with van der Waals surface area (Å²) >= 11 is 0. The third-order valence-corrected chi connectivity index (χ3v) is 3.83. The van der Waals surface area contributed by atoms with Crippen LogP contribution in [0.1, 0.15) is 11.3 Å². The molecule has 2 aromatic carbocycles. The van der Waals surface area contributed by atoms with E-state index in [-0.39, 0.29) is 22.3 Å². The number of rotatable bonds is 2. The number of benzene rings is 2. The molecule has 0 unspecified atom stereocenters. The van der Waals surface area contributed by atoms with Crippen molar-refractivity contribution in [2.75, 3.05) is 7.11 Å². The zero-order chi connectivity index (χ0) is 19.1. The summed E-state index contributed by atoms with van der Waals surface area (Å²) < 4.78 is 84.7. The first-order valence-electron chi connectivity index (χ1n) is 7.34. The van der Waals surface area contributed by atoms with Gasteiger partial charge in [-0.05, 0) is 23.8 Å². The lowest BCUT2D eigenvalue weighted by molar-refractivity contribution is -0.142. The molecule has 2 nitrogen and oxygen atoms in total. The van der Waals surface area contributed by atoms with Crippen LogP contribution < -0.4 is 4.74 Å². The molecular formula is C18H11F6NO. The topological polar surface area (TPSA) is 22.1 Å². The molecule has 136 valence electrons. The molecule has 3 rings (SSSR count). The van der Waals surface area contributed by atoms with Gasteiger partial charge in [-0.3, -0.25) is 0 Å². The number of fused-ring (bicyclic) bond motifs is 1. The van der Waals surface area contributed by atoms with Crippen molar-refractivity contribution in [2.24, 2.45) is 0 Å². The van der Waals surface area contributed by atoms with E-state index in [1.165, 1.54) is 25.3 Å². The summed E-state index contributed by atoms with van der Waals surface area (Å²) in [5, 5.41) is -0.0441. The second kappa shape index (κ2) is 6.19. The lowest BCUT2D eigenvalue weighted by Crippen LogP contribution is -2.12. The number of ether oxygens (including phenoxy) is 1. The molecule has 0 aliphatic heterocycles. The van der Waals surface area contributed by atoms with Gasteiger partial charge in [-0.2, -0.15) is 26.3 Å². The molecule has 0 N–H and O–H groups in total. The van der Waals surface area contributed by atoms with Gasteiger partial charge in [0.05, 0.1) is 18.2 Å². The zero-order valence-corrected chi connectivity index (χ0v) is 13.2. The molecule has 0 aliphatic rings. The first kappa shape index (κ1) is 18.0. The van der Waals surface area contributed by atoms with Crippen LogP contribution in [0.4, 0.5) is 26.3 Å². The normalized spacial score (nSPS) is 12.4. The highest BCUT2D eigenvalue weighted by atomic mass is 19.4. The van der Waals surface area contributed by atoms with Crippen molar-refractivity contribution < 1.29 is 31.1 Å². The third-order valence-electron chi connectivity index (χ3n) is 3.83. The summed E-state index contributed by atoms with van der Waals surface area (Å²) in [6.45, 7) is 0. The van der Waals surface area contributed by atoms with Crippen LogP contribution in [0.5, 0.6) is 5.75 Å². The summed E-state index contributed by atoms with van der Waals surface area (Å²) in [5.41, 5.74) is -3.17. The lowest BCUT2D eigenvalue weighted by Gasteiger charge is -2.17. The largest absolute Gasteiger partial charge is 0.496 e. The van der Waals surface area contributed by atoms with Crippen LogP contribution in [0, 0.1) is 0 Å². The van der Waals surface area contributed by atoms with E-state index in [1.807, 2.05) is 0 Å². The summed E-state index contributed by atoms with van der Waals surface area (Å²) in [7, 11) is 1.33. The first-order chi connectivity index (χ1) is 12.1. The number of hydrogen-bond donors (Lipinski definition) is 0. The fourth-order valence-corrected chi connectivity index (χ4v) is 2.71. The second-order valence-electron chi connectivity index (χ2n) is 5.45. The summed E-state index contributed by atoms with van der Waals surface area (Å²) in [4.78, 5) is 3.27. The Balaban J connectivity index is 2.46. The van der Waals surface area contributed by atoms with Crippen LogP contribution in [0.3, 0.4) is 0 Å². The van der Waals surface area contributed by atoms with Crippen molar-refractivity contribution in [2.45, 2.75) is 12.4 Å². The molecule has 0 spiro atoms. The molecular weight excluding hydrogens is 360 g/mol. The molecule has 1 aromatic heterocycles. The van der Waals surface area contributed by atoms with E-state index in [1.54, 1.807) is 12.1 Å². The monoisotopic (exact) mass is 371 g/mol. The molecule has 0 atom stereocenters. The standard InChI is InChI=1S/C18H11F6NO/c1-26-14-8-3-2-5-10(14)12-9-15(18(22,23)24)25-16-11(12)6-4-7-13(16)17(19,20)21/h2-9H,1H3. The third kappa shape index (κ3) is 3.18. The van der Waals surface area contributed by atoms with Gasteiger partial charge in [0.25, 0.3) is 0 Å². The minimum absolute atomic E-state index is 0.0362. The van der Waals surface area contributed by atoms with Crippen molar-refractivity contribution >= 4 is 10.9 Å². The van der Waals surface area contributed by atoms with Gasteiger partial charge in [-0.15, -0.1) is 0 Å². The number of nitrogens with zero attached hydrogens (tertiary/aromatic N) is 1. The van der Waals surface area contributed by atoms with Crippen LogP contribution in [-0.2, 0) is 12.4 Å². The number of pyridine rings is 1. The van der Waals surface area contributed by atoms with E-state index in [9.17, 15) is 26.3 Å². The van der Waals surface area contributed by atoms with Crippen LogP contribution in [-0.4, -0.2) is 12.1 Å². The Bertz CT molecular complexity index is 962. The van der Waals surface area contributed by atoms with Crippen LogP contribution >= 0.6 is 0 Å². The Morgan fingerprint density at radius 3 is 2.12 bits per heavy atom. The van der Waals surface area contributed by atoms with Crippen molar-refractivity contribution in [1.29, 1.82) is 0 Å². The predicted octanol–water partition coefficient (Wildman–Crippen LogP) is 5.95. The van der Waals surface area contributed by atoms with Gasteiger partial charge >= 0.3 is 12.4 Å². The average Bonchev–Trinajstić information content (AvgIpc) is 2.58. The smallest absolute Gasteiger partial charge is 0.433 e. The van der Waals surface area contributed by atoms with Gasteiger partial charge in [-0.1, -0.05) is 30.3 Å². The predicted molar refractivity (Wildman–Crippen MR) is 83.7 cm³/mol. The minimum atomic E-state index is -4.90. The van der Waals surface area contributed by atoms with Gasteiger partial charge in [0, 0.05) is 10.9 Å². The summed E-state index contributed by atoms with van der Waals surface area (Å²) in [6.07, 6.45) is -9.74. The molecule has 0 amide bonds. The Morgan fingerprint density at radius 2 is 1.50 bits per heavy atom. The fraction of sp³-hybridized carbons (Fsp3) is 0.167. The van der Waals surface area contributed by atoms with Crippen LogP contribution in [0.2, 0.25) is 0 Å². The molecule has 26 heavy (non-hydrogen) atoms. The molecule has 0 bridgehead atoms. The van der Waals surface area contributed by atoms with E-state index in [0.29, 0.717) is 6.07 Å². The second-order valence-corrected chi connectivity index (χ2v) is 5.45. The van der Waals surface area contributed by atoms with E-state index in [0.717, 1.165) is 12.1 Å². The Morgan fingerprint density at radius 1 is 0.808 bits per heavy atom. The van der Waals surface area contributed by atoms with Gasteiger partial charge in [0.1, 0.15) is 11.4 Å². The SMILES string of the molecule is COc1ccccc1-c1cc(C(F)(F)F)nc2c(C(F)(F)F)cccc12. The molecule has 0 radical (unpaired) electrons. The highest BCUT2D eigenvalue weighted by Crippen LogP contribution is 2.42. The molecule has 0 aliphatic carbocycles. The van der Waals surface area contributed by atoms with E-state index >= 15 is 0 Å². The number of methoxy groups -OCH3 is 1. The van der Waals surface area contributed by atoms with Crippen LogP contribution in [0.25, 0.3) is 22.0 Å². The molecule has 8 heteroatoms. The molecule has 0 fully saturated rings. The zero-order valence-electron chi connectivity index (χ0n) is 13.2. The average molecular weight is 371 g/mol.